The molecule has 3 heterocycles. The number of aromatic amines is 1. The highest BCUT2D eigenvalue weighted by Crippen LogP contribution is 2.40. The fourth-order valence-electron chi connectivity index (χ4n) is 3.70. The number of methoxy groups -OCH3 is 1. The van der Waals surface area contributed by atoms with Crippen molar-refractivity contribution in [3.05, 3.63) is 80.3 Å². The van der Waals surface area contributed by atoms with E-state index in [4.69, 9.17) is 4.74 Å². The number of nitrogens with zero attached hydrogens (tertiary/aromatic N) is 1. The molecule has 3 aromatic heterocycles. The van der Waals surface area contributed by atoms with E-state index in [1.807, 2.05) is 41.1 Å². The number of thiophene rings is 1. The molecule has 5 aromatic rings. The van der Waals surface area contributed by atoms with Crippen molar-refractivity contribution in [2.75, 3.05) is 7.11 Å². The fourth-order valence-corrected chi connectivity index (χ4v) is 5.23. The number of aromatic hydroxyl groups is 1. The minimum absolute atomic E-state index is 0.110. The zero-order valence-electron chi connectivity index (χ0n) is 15.4. The third-order valence-electron chi connectivity index (χ3n) is 4.99. The predicted octanol–water partition coefficient (Wildman–Crippen LogP) is 5.31. The second-order valence-corrected chi connectivity index (χ2v) is 8.45. The van der Waals surface area contributed by atoms with Crippen LogP contribution in [-0.2, 0) is 4.74 Å². The zero-order valence-corrected chi connectivity index (χ0v) is 17.0. The van der Waals surface area contributed by atoms with Crippen molar-refractivity contribution in [2.24, 2.45) is 0 Å². The topological polar surface area (TPSA) is 75.2 Å². The highest BCUT2D eigenvalue weighted by atomic mass is 32.1. The molecule has 1 atom stereocenters. The summed E-state index contributed by atoms with van der Waals surface area (Å²) in [7, 11) is 1.67. The Hall–Kier alpha value is -3.00. The number of benzene rings is 2. The molecule has 0 radical (unpaired) electrons. The summed E-state index contributed by atoms with van der Waals surface area (Å²) in [4.78, 5) is 19.6. The Labute approximate surface area is 173 Å². The van der Waals surface area contributed by atoms with Crippen LogP contribution >= 0.6 is 22.7 Å². The number of fused-ring (bicyclic) bond motifs is 3. The van der Waals surface area contributed by atoms with Gasteiger partial charge in [-0.1, -0.05) is 24.3 Å². The molecule has 0 aliphatic heterocycles. The maximum Gasteiger partial charge on any atom is 0.266 e. The number of hydrogen-bond donors (Lipinski definition) is 2. The minimum Gasteiger partial charge on any atom is -0.507 e. The van der Waals surface area contributed by atoms with Gasteiger partial charge in [-0.2, -0.15) is 0 Å². The first-order valence-corrected chi connectivity index (χ1v) is 10.7. The molecule has 5 rings (SSSR count). The molecule has 0 spiro atoms. The van der Waals surface area contributed by atoms with E-state index in [0.717, 1.165) is 26.9 Å². The molecule has 0 aliphatic carbocycles. The molecule has 0 aliphatic rings. The summed E-state index contributed by atoms with van der Waals surface area (Å²) in [5, 5.41) is 17.1. The fraction of sp³-hybridized carbons (Fsp3) is 0.0909. The highest BCUT2D eigenvalue weighted by molar-refractivity contribution is 7.17. The van der Waals surface area contributed by atoms with Crippen LogP contribution in [-0.4, -0.2) is 22.2 Å². The summed E-state index contributed by atoms with van der Waals surface area (Å²) < 4.78 is 6.30. The SMILES string of the molecule is COC(c1ccc(-c2c(O)ccc3[nH]c(=O)c4sccc4c23)cc1)c1nccs1. The molecule has 2 aromatic carbocycles. The molecule has 144 valence electrons. The van der Waals surface area contributed by atoms with E-state index >= 15 is 0 Å². The molecule has 0 saturated carbocycles. The number of nitrogens with one attached hydrogen (secondary N) is 1. The average Bonchev–Trinajstić information content (AvgIpc) is 3.42. The van der Waals surface area contributed by atoms with Crippen LogP contribution in [0.1, 0.15) is 16.7 Å². The number of phenols is 1. The van der Waals surface area contributed by atoms with Crippen LogP contribution in [0, 0.1) is 0 Å². The molecular weight excluding hydrogens is 404 g/mol. The van der Waals surface area contributed by atoms with Gasteiger partial charge in [-0.3, -0.25) is 4.79 Å². The Morgan fingerprint density at radius 1 is 1.07 bits per heavy atom. The van der Waals surface area contributed by atoms with Crippen LogP contribution in [0.25, 0.3) is 32.1 Å². The van der Waals surface area contributed by atoms with Crippen molar-refractivity contribution in [1.82, 2.24) is 9.97 Å². The first kappa shape index (κ1) is 18.1. The van der Waals surface area contributed by atoms with Gasteiger partial charge in [-0.15, -0.1) is 22.7 Å². The maximum absolute atomic E-state index is 12.3. The van der Waals surface area contributed by atoms with E-state index in [1.165, 1.54) is 11.3 Å². The van der Waals surface area contributed by atoms with Gasteiger partial charge < -0.3 is 14.8 Å². The molecule has 0 bridgehead atoms. The lowest BCUT2D eigenvalue weighted by Crippen LogP contribution is -2.05. The van der Waals surface area contributed by atoms with E-state index in [2.05, 4.69) is 9.97 Å². The Balaban J connectivity index is 1.69. The Morgan fingerprint density at radius 2 is 1.90 bits per heavy atom. The first-order chi connectivity index (χ1) is 14.2. The Morgan fingerprint density at radius 3 is 2.62 bits per heavy atom. The molecule has 5 nitrogen and oxygen atoms in total. The second kappa shape index (κ2) is 7.11. The van der Waals surface area contributed by atoms with Crippen molar-refractivity contribution in [1.29, 1.82) is 0 Å². The summed E-state index contributed by atoms with van der Waals surface area (Å²) in [6.45, 7) is 0. The Bertz CT molecular complexity index is 1370. The summed E-state index contributed by atoms with van der Waals surface area (Å²) in [5.74, 6) is 0.174. The van der Waals surface area contributed by atoms with E-state index in [9.17, 15) is 9.90 Å². The van der Waals surface area contributed by atoms with Crippen molar-refractivity contribution in [3.63, 3.8) is 0 Å². The highest BCUT2D eigenvalue weighted by Gasteiger charge is 2.18. The first-order valence-electron chi connectivity index (χ1n) is 8.95. The second-order valence-electron chi connectivity index (χ2n) is 6.61. The van der Waals surface area contributed by atoms with Crippen molar-refractivity contribution in [2.45, 2.75) is 6.10 Å². The van der Waals surface area contributed by atoms with Gasteiger partial charge in [0.1, 0.15) is 21.6 Å². The molecule has 0 fully saturated rings. The van der Waals surface area contributed by atoms with Gasteiger partial charge in [0.15, 0.2) is 0 Å². The van der Waals surface area contributed by atoms with E-state index < -0.39 is 0 Å². The predicted molar refractivity (Wildman–Crippen MR) is 118 cm³/mol. The summed E-state index contributed by atoms with van der Waals surface area (Å²) in [5.41, 5.74) is 3.15. The lowest BCUT2D eigenvalue weighted by Gasteiger charge is -2.15. The van der Waals surface area contributed by atoms with E-state index in [0.29, 0.717) is 15.8 Å². The average molecular weight is 421 g/mol. The van der Waals surface area contributed by atoms with Gasteiger partial charge in [0.25, 0.3) is 5.56 Å². The van der Waals surface area contributed by atoms with E-state index in [1.54, 1.807) is 36.8 Å². The van der Waals surface area contributed by atoms with Crippen molar-refractivity contribution < 1.29 is 9.84 Å². The smallest absolute Gasteiger partial charge is 0.266 e. The molecular formula is C22H16N2O3S2. The van der Waals surface area contributed by atoms with Gasteiger partial charge in [0.2, 0.25) is 0 Å². The van der Waals surface area contributed by atoms with Gasteiger partial charge in [0, 0.05) is 40.5 Å². The lowest BCUT2D eigenvalue weighted by molar-refractivity contribution is 0.136. The van der Waals surface area contributed by atoms with Crippen LogP contribution < -0.4 is 5.56 Å². The largest absolute Gasteiger partial charge is 0.507 e. The number of rotatable bonds is 4. The molecule has 0 saturated heterocycles. The van der Waals surface area contributed by atoms with Gasteiger partial charge in [-0.25, -0.2) is 4.98 Å². The van der Waals surface area contributed by atoms with Crippen molar-refractivity contribution in [3.8, 4) is 16.9 Å². The maximum atomic E-state index is 12.3. The van der Waals surface area contributed by atoms with E-state index in [-0.39, 0.29) is 17.4 Å². The number of H-pyrrole nitrogens is 1. The van der Waals surface area contributed by atoms with Gasteiger partial charge >= 0.3 is 0 Å². The standard InChI is InChI=1S/C22H16N2O3S2/c1-27-19(22-23-9-11-29-22)13-4-2-12(3-5-13)17-16(25)7-6-15-18(17)14-8-10-28-20(14)21(26)24-15/h2-11,19,25H,1H3,(H,24,26). The normalized spacial score (nSPS) is 12.6. The van der Waals surface area contributed by atoms with Crippen LogP contribution in [0.4, 0.5) is 0 Å². The molecule has 29 heavy (non-hydrogen) atoms. The lowest BCUT2D eigenvalue weighted by atomic mass is 9.96. The van der Waals surface area contributed by atoms with Gasteiger partial charge in [0.05, 0.1) is 0 Å². The molecule has 2 N–H and O–H groups in total. The molecule has 0 amide bonds. The molecule has 7 heteroatoms. The third-order valence-corrected chi connectivity index (χ3v) is 6.72. The number of thiazole rings is 1. The van der Waals surface area contributed by atoms with Crippen molar-refractivity contribution >= 4 is 43.7 Å². The zero-order chi connectivity index (χ0) is 20.0. The summed E-state index contributed by atoms with van der Waals surface area (Å²) in [6, 6.07) is 13.2. The van der Waals surface area contributed by atoms with Gasteiger partial charge in [-0.05, 0) is 34.7 Å². The number of ether oxygens (including phenoxy) is 1. The van der Waals surface area contributed by atoms with Crippen LogP contribution in [0.5, 0.6) is 5.75 Å². The molecule has 1 unspecified atom stereocenters. The van der Waals surface area contributed by atoms with Crippen LogP contribution in [0.2, 0.25) is 0 Å². The number of hydrogen-bond acceptors (Lipinski definition) is 6. The summed E-state index contributed by atoms with van der Waals surface area (Å²) >= 11 is 2.95. The third kappa shape index (κ3) is 2.95. The Kier molecular flexibility index (Phi) is 4.43. The van der Waals surface area contributed by atoms with Crippen LogP contribution in [0.15, 0.2) is 64.2 Å². The monoisotopic (exact) mass is 420 g/mol. The quantitative estimate of drug-likeness (QED) is 0.413. The minimum atomic E-state index is -0.231. The number of phenolic OH excluding ortho intramolecular Hbond substituents is 1. The van der Waals surface area contributed by atoms with Crippen LogP contribution in [0.3, 0.4) is 0 Å². The number of pyridine rings is 1. The summed E-state index contributed by atoms with van der Waals surface area (Å²) in [6.07, 6.45) is 1.53. The number of aromatic nitrogens is 2.